The van der Waals surface area contributed by atoms with Gasteiger partial charge in [-0.1, -0.05) is 44.2 Å². The molecule has 0 saturated heterocycles. The summed E-state index contributed by atoms with van der Waals surface area (Å²) in [5.41, 5.74) is 0.942. The second-order valence-electron chi connectivity index (χ2n) is 4.87. The summed E-state index contributed by atoms with van der Waals surface area (Å²) in [6.07, 6.45) is 0.888. The molecule has 0 aliphatic rings. The topological polar surface area (TPSA) is 75.3 Å². The van der Waals surface area contributed by atoms with Gasteiger partial charge < -0.3 is 10.6 Å². The van der Waals surface area contributed by atoms with Crippen LogP contribution in [0.5, 0.6) is 0 Å². The average Bonchev–Trinajstić information content (AvgIpc) is 2.44. The van der Waals surface area contributed by atoms with E-state index in [0.29, 0.717) is 12.8 Å². The van der Waals surface area contributed by atoms with Gasteiger partial charge in [0.25, 0.3) is 0 Å². The first-order valence-corrected chi connectivity index (χ1v) is 6.58. The van der Waals surface area contributed by atoms with Crippen molar-refractivity contribution in [2.24, 2.45) is 5.92 Å². The Morgan fingerprint density at radius 2 is 1.85 bits per heavy atom. The highest BCUT2D eigenvalue weighted by Gasteiger charge is 2.19. The smallest absolute Gasteiger partial charge is 0.243 e. The van der Waals surface area contributed by atoms with Gasteiger partial charge in [0.05, 0.1) is 6.54 Å². The molecule has 108 valence electrons. The number of ketones is 1. The molecule has 0 bridgehead atoms. The molecule has 0 saturated carbocycles. The first kappa shape index (κ1) is 15.9. The predicted molar refractivity (Wildman–Crippen MR) is 76.0 cm³/mol. The minimum atomic E-state index is -0.671. The highest BCUT2D eigenvalue weighted by Crippen LogP contribution is 2.03. The van der Waals surface area contributed by atoms with Crippen molar-refractivity contribution in [3.05, 3.63) is 35.9 Å². The molecule has 2 N–H and O–H groups in total. The van der Waals surface area contributed by atoms with Gasteiger partial charge in [0, 0.05) is 12.3 Å². The van der Waals surface area contributed by atoms with Gasteiger partial charge in [0.2, 0.25) is 12.3 Å². The summed E-state index contributed by atoms with van der Waals surface area (Å²) in [7, 11) is 0. The molecule has 5 nitrogen and oxygen atoms in total. The molecule has 20 heavy (non-hydrogen) atoms. The molecule has 1 aromatic carbocycles. The maximum atomic E-state index is 12.0. The Labute approximate surface area is 118 Å². The Morgan fingerprint density at radius 1 is 1.20 bits per heavy atom. The van der Waals surface area contributed by atoms with Crippen molar-refractivity contribution in [3.8, 4) is 0 Å². The van der Waals surface area contributed by atoms with Gasteiger partial charge in [-0.25, -0.2) is 0 Å². The third-order valence-corrected chi connectivity index (χ3v) is 2.95. The Kier molecular flexibility index (Phi) is 6.43. The molecule has 0 aromatic heterocycles. The molecule has 1 atom stereocenters. The number of hydrogen-bond acceptors (Lipinski definition) is 3. The number of Topliss-reactive ketones (excluding diaryl/α,β-unsaturated/α-hetero) is 1. The molecule has 0 radical (unpaired) electrons. The fraction of sp³-hybridized carbons (Fsp3) is 0.400. The van der Waals surface area contributed by atoms with Crippen molar-refractivity contribution >= 4 is 18.1 Å². The van der Waals surface area contributed by atoms with Crippen LogP contribution in [0.3, 0.4) is 0 Å². The van der Waals surface area contributed by atoms with Crippen molar-refractivity contribution in [1.29, 1.82) is 0 Å². The summed E-state index contributed by atoms with van der Waals surface area (Å²) < 4.78 is 0. The number of rotatable bonds is 8. The van der Waals surface area contributed by atoms with Crippen molar-refractivity contribution in [1.82, 2.24) is 10.6 Å². The van der Waals surface area contributed by atoms with E-state index in [1.54, 1.807) is 13.8 Å². The summed E-state index contributed by atoms with van der Waals surface area (Å²) in [5, 5.41) is 5.04. The maximum absolute atomic E-state index is 12.0. The summed E-state index contributed by atoms with van der Waals surface area (Å²) in [4.78, 5) is 34.1. The number of amides is 2. The highest BCUT2D eigenvalue weighted by molar-refractivity contribution is 5.90. The van der Waals surface area contributed by atoms with E-state index in [0.717, 1.165) is 5.56 Å². The van der Waals surface area contributed by atoms with E-state index in [-0.39, 0.29) is 24.2 Å². The molecule has 0 aliphatic heterocycles. The molecule has 1 unspecified atom stereocenters. The first-order chi connectivity index (χ1) is 9.54. The Balaban J connectivity index is 2.59. The molecular weight excluding hydrogens is 256 g/mol. The highest BCUT2D eigenvalue weighted by atomic mass is 16.2. The molecule has 2 amide bonds. The van der Waals surface area contributed by atoms with Crippen LogP contribution in [0.4, 0.5) is 0 Å². The van der Waals surface area contributed by atoms with Crippen LogP contribution >= 0.6 is 0 Å². The lowest BCUT2D eigenvalue weighted by molar-refractivity contribution is -0.128. The zero-order valence-electron chi connectivity index (χ0n) is 11.8. The lowest BCUT2D eigenvalue weighted by Crippen LogP contribution is -2.46. The fourth-order valence-electron chi connectivity index (χ4n) is 1.66. The normalized spacial score (nSPS) is 11.8. The molecule has 1 aromatic rings. The van der Waals surface area contributed by atoms with Crippen LogP contribution in [0.2, 0.25) is 0 Å². The van der Waals surface area contributed by atoms with Crippen LogP contribution < -0.4 is 10.6 Å². The first-order valence-electron chi connectivity index (χ1n) is 6.58. The number of nitrogens with one attached hydrogen (secondary N) is 2. The van der Waals surface area contributed by atoms with Gasteiger partial charge in [-0.3, -0.25) is 14.4 Å². The quantitative estimate of drug-likeness (QED) is 0.686. The summed E-state index contributed by atoms with van der Waals surface area (Å²) in [6, 6.07) is 8.71. The van der Waals surface area contributed by atoms with Gasteiger partial charge >= 0.3 is 0 Å². The molecule has 0 fully saturated rings. The summed E-state index contributed by atoms with van der Waals surface area (Å²) >= 11 is 0. The molecule has 0 heterocycles. The van der Waals surface area contributed by atoms with Crippen molar-refractivity contribution in [2.45, 2.75) is 26.3 Å². The minimum Gasteiger partial charge on any atom is -0.347 e. The lowest BCUT2D eigenvalue weighted by Gasteiger charge is -2.16. The van der Waals surface area contributed by atoms with Gasteiger partial charge in [0.15, 0.2) is 5.78 Å². The number of carbonyl (C=O) groups excluding carboxylic acids is 3. The molecule has 5 heteroatoms. The van der Waals surface area contributed by atoms with E-state index in [1.165, 1.54) is 0 Å². The van der Waals surface area contributed by atoms with E-state index in [9.17, 15) is 14.4 Å². The average molecular weight is 276 g/mol. The van der Waals surface area contributed by atoms with Crippen LogP contribution in [-0.2, 0) is 20.8 Å². The Morgan fingerprint density at radius 3 is 2.40 bits per heavy atom. The standard InChI is InChI=1S/C15H20N2O3/c1-11(2)14(19)9-16-15(20)13(17-10-18)8-12-6-4-3-5-7-12/h3-7,10-11,13H,8-9H2,1-2H3,(H,16,20)(H,17,18). The van der Waals surface area contributed by atoms with Crippen LogP contribution in [0.15, 0.2) is 30.3 Å². The Bertz CT molecular complexity index is 457. The van der Waals surface area contributed by atoms with Gasteiger partial charge in [-0.05, 0) is 5.56 Å². The Hall–Kier alpha value is -2.17. The predicted octanol–water partition coefficient (Wildman–Crippen LogP) is 0.685. The number of benzene rings is 1. The summed E-state index contributed by atoms with van der Waals surface area (Å²) in [6.45, 7) is 3.54. The van der Waals surface area contributed by atoms with Gasteiger partial charge in [-0.15, -0.1) is 0 Å². The van der Waals surface area contributed by atoms with Crippen molar-refractivity contribution < 1.29 is 14.4 Å². The maximum Gasteiger partial charge on any atom is 0.243 e. The van der Waals surface area contributed by atoms with E-state index >= 15 is 0 Å². The lowest BCUT2D eigenvalue weighted by atomic mass is 10.0. The second kappa shape index (κ2) is 8.09. The third-order valence-electron chi connectivity index (χ3n) is 2.95. The SMILES string of the molecule is CC(C)C(=O)CNC(=O)C(Cc1ccccc1)NC=O. The number of carbonyl (C=O) groups is 3. The zero-order chi connectivity index (χ0) is 15.0. The molecular formula is C15H20N2O3. The number of hydrogen-bond donors (Lipinski definition) is 2. The molecule has 0 spiro atoms. The van der Waals surface area contributed by atoms with Crippen LogP contribution in [-0.4, -0.2) is 30.7 Å². The minimum absolute atomic E-state index is 0.0116. The van der Waals surface area contributed by atoms with E-state index in [1.807, 2.05) is 30.3 Å². The third kappa shape index (κ3) is 5.22. The van der Waals surface area contributed by atoms with Crippen molar-refractivity contribution in [2.75, 3.05) is 6.54 Å². The van der Waals surface area contributed by atoms with E-state index in [4.69, 9.17) is 0 Å². The van der Waals surface area contributed by atoms with E-state index in [2.05, 4.69) is 10.6 Å². The van der Waals surface area contributed by atoms with Crippen LogP contribution in [0.1, 0.15) is 19.4 Å². The second-order valence-corrected chi connectivity index (χ2v) is 4.87. The molecule has 1 rings (SSSR count). The monoisotopic (exact) mass is 276 g/mol. The van der Waals surface area contributed by atoms with Crippen molar-refractivity contribution in [3.63, 3.8) is 0 Å². The summed E-state index contributed by atoms with van der Waals surface area (Å²) in [5.74, 6) is -0.514. The van der Waals surface area contributed by atoms with Gasteiger partial charge in [0.1, 0.15) is 6.04 Å². The largest absolute Gasteiger partial charge is 0.347 e. The van der Waals surface area contributed by atoms with Crippen LogP contribution in [0.25, 0.3) is 0 Å². The molecule has 0 aliphatic carbocycles. The van der Waals surface area contributed by atoms with E-state index < -0.39 is 6.04 Å². The van der Waals surface area contributed by atoms with Crippen LogP contribution in [0, 0.1) is 5.92 Å². The fourth-order valence-corrected chi connectivity index (χ4v) is 1.66. The van der Waals surface area contributed by atoms with Gasteiger partial charge in [-0.2, -0.15) is 0 Å². The zero-order valence-corrected chi connectivity index (χ0v) is 11.8.